The molecule has 2 amide bonds. The molecule has 0 saturated carbocycles. The van der Waals surface area contributed by atoms with Crippen LogP contribution in [0.5, 0.6) is 5.75 Å². The van der Waals surface area contributed by atoms with E-state index in [1.54, 1.807) is 21.9 Å². The first-order chi connectivity index (χ1) is 18.0. The van der Waals surface area contributed by atoms with Crippen LogP contribution in [0.2, 0.25) is 10.0 Å². The van der Waals surface area contributed by atoms with Gasteiger partial charge in [0.05, 0.1) is 16.7 Å². The Morgan fingerprint density at radius 2 is 1.78 bits per heavy atom. The Morgan fingerprint density at radius 3 is 2.59 bits per heavy atom. The molecule has 0 bridgehead atoms. The zero-order chi connectivity index (χ0) is 25.7. The number of H-pyrrole nitrogens is 1. The zero-order valence-corrected chi connectivity index (χ0v) is 21.7. The largest absolute Gasteiger partial charge is 0.494 e. The molecule has 1 N–H and O–H groups in total. The smallest absolute Gasteiger partial charge is 0.246 e. The molecule has 1 aromatic heterocycles. The van der Waals surface area contributed by atoms with Crippen molar-refractivity contribution in [2.45, 2.75) is 32.0 Å². The van der Waals surface area contributed by atoms with Crippen LogP contribution in [-0.4, -0.2) is 45.8 Å². The number of aromatic nitrogens is 1. The summed E-state index contributed by atoms with van der Waals surface area (Å²) in [6.45, 7) is 2.70. The fraction of sp³-hybridized carbons (Fsp3) is 0.241. The number of benzene rings is 3. The monoisotopic (exact) mass is 533 g/mol. The molecule has 188 valence electrons. The van der Waals surface area contributed by atoms with Crippen LogP contribution in [-0.2, 0) is 22.6 Å². The van der Waals surface area contributed by atoms with Gasteiger partial charge in [-0.15, -0.1) is 0 Å². The van der Waals surface area contributed by atoms with Gasteiger partial charge in [0.2, 0.25) is 11.8 Å². The number of fused-ring (bicyclic) bond motifs is 4. The lowest BCUT2D eigenvalue weighted by Gasteiger charge is -2.47. The Kier molecular flexibility index (Phi) is 6.09. The third-order valence-electron chi connectivity index (χ3n) is 7.21. The Hall–Kier alpha value is -3.48. The summed E-state index contributed by atoms with van der Waals surface area (Å²) in [7, 11) is 0. The molecule has 0 spiro atoms. The number of hydrogen-bond acceptors (Lipinski definition) is 3. The van der Waals surface area contributed by atoms with E-state index in [-0.39, 0.29) is 24.9 Å². The van der Waals surface area contributed by atoms with E-state index < -0.39 is 12.1 Å². The predicted octanol–water partition coefficient (Wildman–Crippen LogP) is 5.76. The summed E-state index contributed by atoms with van der Waals surface area (Å²) in [6, 6.07) is 20.0. The molecule has 3 aromatic carbocycles. The van der Waals surface area contributed by atoms with E-state index in [4.69, 9.17) is 27.9 Å². The summed E-state index contributed by atoms with van der Waals surface area (Å²) in [5.74, 6) is 0.518. The van der Waals surface area contributed by atoms with Crippen molar-refractivity contribution >= 4 is 45.9 Å². The van der Waals surface area contributed by atoms with E-state index in [1.165, 1.54) is 0 Å². The molecule has 1 saturated heterocycles. The Morgan fingerprint density at radius 1 is 1.00 bits per heavy atom. The topological polar surface area (TPSA) is 65.6 Å². The maximum atomic E-state index is 13.9. The molecule has 6 rings (SSSR count). The second-order valence-electron chi connectivity index (χ2n) is 9.40. The normalized spacial score (nSPS) is 19.2. The van der Waals surface area contributed by atoms with Crippen molar-refractivity contribution in [3.63, 3.8) is 0 Å². The Bertz CT molecular complexity index is 1530. The van der Waals surface area contributed by atoms with Crippen molar-refractivity contribution in [3.8, 4) is 5.75 Å². The van der Waals surface area contributed by atoms with E-state index in [0.717, 1.165) is 33.3 Å². The maximum Gasteiger partial charge on any atom is 0.246 e. The molecule has 0 radical (unpaired) electrons. The van der Waals surface area contributed by atoms with Crippen LogP contribution in [0.4, 0.5) is 0 Å². The van der Waals surface area contributed by atoms with Gasteiger partial charge in [-0.1, -0.05) is 65.7 Å². The van der Waals surface area contributed by atoms with Gasteiger partial charge < -0.3 is 19.5 Å². The van der Waals surface area contributed by atoms with Crippen LogP contribution >= 0.6 is 23.2 Å². The van der Waals surface area contributed by atoms with E-state index >= 15 is 0 Å². The van der Waals surface area contributed by atoms with Crippen molar-refractivity contribution in [2.75, 3.05) is 13.2 Å². The number of rotatable bonds is 5. The lowest BCUT2D eigenvalue weighted by molar-refractivity contribution is -0.159. The molecule has 4 aromatic rings. The van der Waals surface area contributed by atoms with Crippen molar-refractivity contribution in [1.29, 1.82) is 0 Å². The van der Waals surface area contributed by atoms with Crippen LogP contribution in [0.25, 0.3) is 10.9 Å². The summed E-state index contributed by atoms with van der Waals surface area (Å²) in [6.07, 6.45) is 0.440. The number of nitrogens with one attached hydrogen (secondary N) is 1. The van der Waals surface area contributed by atoms with Gasteiger partial charge in [0, 0.05) is 35.1 Å². The third kappa shape index (κ3) is 4.05. The predicted molar refractivity (Wildman–Crippen MR) is 144 cm³/mol. The molecule has 1 fully saturated rings. The minimum Gasteiger partial charge on any atom is -0.494 e. The van der Waals surface area contributed by atoms with Gasteiger partial charge in [0.1, 0.15) is 24.4 Å². The number of piperazine rings is 1. The van der Waals surface area contributed by atoms with Gasteiger partial charge in [-0.2, -0.15) is 0 Å². The molecular weight excluding hydrogens is 509 g/mol. The fourth-order valence-corrected chi connectivity index (χ4v) is 5.95. The standard InChI is InChI=1S/C29H25Cl2N3O3/c1-2-37-25-10-6-4-8-19(25)28-27-20(18-7-3-5-9-23(18)32-27)14-24-29(36)33(16-26(35)34(24)28)15-17-11-12-21(30)22(31)13-17/h3-13,24,28,32H,2,14-16H2,1H3. The van der Waals surface area contributed by atoms with Crippen molar-refractivity contribution in [3.05, 3.63) is 99.2 Å². The van der Waals surface area contributed by atoms with E-state index in [9.17, 15) is 9.59 Å². The number of para-hydroxylation sites is 2. The second-order valence-corrected chi connectivity index (χ2v) is 10.2. The first-order valence-corrected chi connectivity index (χ1v) is 13.1. The van der Waals surface area contributed by atoms with Gasteiger partial charge in [0.25, 0.3) is 0 Å². The lowest BCUT2D eigenvalue weighted by Crippen LogP contribution is -2.62. The number of carbonyl (C=O) groups is 2. The van der Waals surface area contributed by atoms with Crippen LogP contribution in [0, 0.1) is 0 Å². The van der Waals surface area contributed by atoms with E-state index in [2.05, 4.69) is 11.1 Å². The molecule has 37 heavy (non-hydrogen) atoms. The first kappa shape index (κ1) is 23.9. The van der Waals surface area contributed by atoms with Crippen LogP contribution < -0.4 is 4.74 Å². The van der Waals surface area contributed by atoms with Gasteiger partial charge in [-0.3, -0.25) is 9.59 Å². The summed E-state index contributed by atoms with van der Waals surface area (Å²) < 4.78 is 5.97. The average molecular weight is 534 g/mol. The van der Waals surface area contributed by atoms with Gasteiger partial charge >= 0.3 is 0 Å². The lowest BCUT2D eigenvalue weighted by atomic mass is 9.85. The molecule has 8 heteroatoms. The molecule has 2 aliphatic heterocycles. The minimum absolute atomic E-state index is 0.0154. The SMILES string of the molecule is CCOc1ccccc1C1c2[nH]c3ccccc3c2CC2C(=O)N(Cc3ccc(Cl)c(Cl)c3)CC(=O)N21. The van der Waals surface area contributed by atoms with E-state index in [0.29, 0.717) is 28.8 Å². The summed E-state index contributed by atoms with van der Waals surface area (Å²) in [5, 5.41) is 1.94. The number of amides is 2. The van der Waals surface area contributed by atoms with Gasteiger partial charge in [-0.25, -0.2) is 0 Å². The summed E-state index contributed by atoms with van der Waals surface area (Å²) >= 11 is 12.3. The number of carbonyl (C=O) groups excluding carboxylic acids is 2. The molecule has 2 aliphatic rings. The average Bonchev–Trinajstić information content (AvgIpc) is 3.27. The molecule has 2 atom stereocenters. The number of ether oxygens (including phenoxy) is 1. The molecular formula is C29H25Cl2N3O3. The van der Waals surface area contributed by atoms with Gasteiger partial charge in [-0.05, 0) is 42.3 Å². The summed E-state index contributed by atoms with van der Waals surface area (Å²) in [5.41, 5.74) is 4.67. The van der Waals surface area contributed by atoms with Crippen molar-refractivity contribution in [1.82, 2.24) is 14.8 Å². The molecule has 2 unspecified atom stereocenters. The molecule has 6 nitrogen and oxygen atoms in total. The number of aromatic amines is 1. The van der Waals surface area contributed by atoms with E-state index in [1.807, 2.05) is 55.5 Å². The number of halogens is 2. The highest BCUT2D eigenvalue weighted by molar-refractivity contribution is 6.42. The number of hydrogen-bond donors (Lipinski definition) is 1. The first-order valence-electron chi connectivity index (χ1n) is 12.3. The quantitative estimate of drug-likeness (QED) is 0.354. The highest BCUT2D eigenvalue weighted by Gasteiger charge is 2.48. The van der Waals surface area contributed by atoms with Crippen LogP contribution in [0.1, 0.15) is 35.3 Å². The van der Waals surface area contributed by atoms with Crippen LogP contribution in [0.15, 0.2) is 66.7 Å². The molecule has 0 aliphatic carbocycles. The van der Waals surface area contributed by atoms with Crippen molar-refractivity contribution in [2.24, 2.45) is 0 Å². The highest BCUT2D eigenvalue weighted by atomic mass is 35.5. The molecule has 3 heterocycles. The maximum absolute atomic E-state index is 13.9. The minimum atomic E-state index is -0.629. The van der Waals surface area contributed by atoms with Crippen LogP contribution in [0.3, 0.4) is 0 Å². The fourth-order valence-electron chi connectivity index (χ4n) is 5.63. The highest BCUT2D eigenvalue weighted by Crippen LogP contribution is 2.45. The number of nitrogens with zero attached hydrogens (tertiary/aromatic N) is 2. The Labute approximate surface area is 224 Å². The van der Waals surface area contributed by atoms with Crippen molar-refractivity contribution < 1.29 is 14.3 Å². The summed E-state index contributed by atoms with van der Waals surface area (Å²) in [4.78, 5) is 34.7. The Balaban J connectivity index is 1.45. The third-order valence-corrected chi connectivity index (χ3v) is 7.95. The van der Waals surface area contributed by atoms with Gasteiger partial charge in [0.15, 0.2) is 0 Å². The zero-order valence-electron chi connectivity index (χ0n) is 20.2. The second kappa shape index (κ2) is 9.43.